The molecule has 2 atom stereocenters. The van der Waals surface area contributed by atoms with Crippen LogP contribution in [0.1, 0.15) is 37.2 Å². The lowest BCUT2D eigenvalue weighted by atomic mass is 9.89. The summed E-state index contributed by atoms with van der Waals surface area (Å²) in [5.41, 5.74) is 4.06. The summed E-state index contributed by atoms with van der Waals surface area (Å²) in [5, 5.41) is 7.52. The lowest BCUT2D eigenvalue weighted by Gasteiger charge is -2.21. The summed E-state index contributed by atoms with van der Waals surface area (Å²) in [7, 11) is 0. The highest BCUT2D eigenvalue weighted by Crippen LogP contribution is 2.29. The highest BCUT2D eigenvalue weighted by molar-refractivity contribution is 5.94. The van der Waals surface area contributed by atoms with Crippen LogP contribution in [-0.2, 0) is 16.1 Å². The smallest absolute Gasteiger partial charge is 0.253 e. The molecular formula is C20H27N3O2. The largest absolute Gasteiger partial charge is 0.368 e. The van der Waals surface area contributed by atoms with Crippen LogP contribution in [0.2, 0.25) is 0 Å². The molecule has 134 valence electrons. The van der Waals surface area contributed by atoms with Crippen LogP contribution in [0.25, 0.3) is 0 Å². The summed E-state index contributed by atoms with van der Waals surface area (Å²) in [6, 6.07) is 10.0. The van der Waals surface area contributed by atoms with E-state index >= 15 is 0 Å². The average molecular weight is 341 g/mol. The van der Waals surface area contributed by atoms with Gasteiger partial charge in [-0.25, -0.2) is 0 Å². The molecule has 1 aromatic heterocycles. The maximum atomic E-state index is 12.6. The van der Waals surface area contributed by atoms with Crippen molar-refractivity contribution in [3.8, 4) is 0 Å². The molecule has 1 fully saturated rings. The van der Waals surface area contributed by atoms with Gasteiger partial charge in [0.25, 0.3) is 5.91 Å². The number of benzene rings is 1. The molecule has 2 aromatic rings. The number of aromatic nitrogens is 2. The van der Waals surface area contributed by atoms with Crippen molar-refractivity contribution in [1.29, 1.82) is 0 Å². The zero-order chi connectivity index (χ0) is 18.0. The van der Waals surface area contributed by atoms with Crippen LogP contribution >= 0.6 is 0 Å². The van der Waals surface area contributed by atoms with Crippen molar-refractivity contribution in [1.82, 2.24) is 9.78 Å². The Morgan fingerprint density at radius 2 is 2.16 bits per heavy atom. The van der Waals surface area contributed by atoms with Crippen LogP contribution in [0.5, 0.6) is 0 Å². The Morgan fingerprint density at radius 1 is 1.36 bits per heavy atom. The minimum absolute atomic E-state index is 0.0422. The molecule has 5 heteroatoms. The summed E-state index contributed by atoms with van der Waals surface area (Å²) in [4.78, 5) is 12.6. The monoisotopic (exact) mass is 341 g/mol. The molecule has 0 spiro atoms. The van der Waals surface area contributed by atoms with Crippen molar-refractivity contribution in [3.05, 3.63) is 47.3 Å². The third kappa shape index (κ3) is 4.10. The summed E-state index contributed by atoms with van der Waals surface area (Å²) in [6.45, 7) is 9.70. The van der Waals surface area contributed by atoms with Crippen LogP contribution in [-0.4, -0.2) is 28.4 Å². The predicted octanol–water partition coefficient (Wildman–Crippen LogP) is 3.55. The molecule has 5 nitrogen and oxygen atoms in total. The van der Waals surface area contributed by atoms with Crippen LogP contribution < -0.4 is 5.32 Å². The van der Waals surface area contributed by atoms with Crippen LogP contribution in [0.15, 0.2) is 30.3 Å². The van der Waals surface area contributed by atoms with Crippen LogP contribution in [0.3, 0.4) is 0 Å². The molecule has 0 unspecified atom stereocenters. The van der Waals surface area contributed by atoms with E-state index in [4.69, 9.17) is 4.74 Å². The fourth-order valence-corrected chi connectivity index (χ4v) is 3.53. The minimum atomic E-state index is -0.348. The predicted molar refractivity (Wildman–Crippen MR) is 98.6 cm³/mol. The third-order valence-corrected chi connectivity index (χ3v) is 4.88. The van der Waals surface area contributed by atoms with Crippen molar-refractivity contribution in [2.24, 2.45) is 11.8 Å². The van der Waals surface area contributed by atoms with E-state index in [-0.39, 0.29) is 17.9 Å². The van der Waals surface area contributed by atoms with Gasteiger partial charge in [0, 0.05) is 18.0 Å². The van der Waals surface area contributed by atoms with E-state index in [2.05, 4.69) is 43.3 Å². The van der Waals surface area contributed by atoms with Crippen molar-refractivity contribution in [2.45, 2.75) is 46.8 Å². The van der Waals surface area contributed by atoms with Gasteiger partial charge in [0.1, 0.15) is 6.10 Å². The second-order valence-electron chi connectivity index (χ2n) is 7.26. The minimum Gasteiger partial charge on any atom is -0.368 e. The number of carbonyl (C=O) groups excluding carboxylic acids is 1. The molecule has 0 bridgehead atoms. The Bertz CT molecular complexity index is 751. The van der Waals surface area contributed by atoms with Gasteiger partial charge in [0.2, 0.25) is 0 Å². The van der Waals surface area contributed by atoms with Crippen molar-refractivity contribution >= 4 is 11.6 Å². The Kier molecular flexibility index (Phi) is 5.23. The first-order valence-electron chi connectivity index (χ1n) is 8.96. The van der Waals surface area contributed by atoms with E-state index in [0.717, 1.165) is 29.1 Å². The number of hydrogen-bond acceptors (Lipinski definition) is 3. The number of anilines is 1. The summed E-state index contributed by atoms with van der Waals surface area (Å²) in [5.74, 6) is 0.688. The number of nitrogens with one attached hydrogen (secondary N) is 1. The lowest BCUT2D eigenvalue weighted by Crippen LogP contribution is -2.34. The second kappa shape index (κ2) is 7.40. The molecule has 1 saturated heterocycles. The van der Waals surface area contributed by atoms with Gasteiger partial charge in [-0.1, -0.05) is 26.0 Å². The number of carbonyl (C=O) groups is 1. The van der Waals surface area contributed by atoms with Gasteiger partial charge in [-0.2, -0.15) is 5.10 Å². The van der Waals surface area contributed by atoms with E-state index in [1.807, 2.05) is 29.8 Å². The standard InChI is InChI=1S/C20H27N3O2/c1-13(2)18-8-9-25-19(18)20(24)21-17-7-5-6-16(11-17)12-23-15(4)10-14(3)22-23/h5-7,10-11,13,18-19H,8-9,12H2,1-4H3,(H,21,24)/t18-,19-/m1/s1. The van der Waals surface area contributed by atoms with Gasteiger partial charge in [-0.05, 0) is 55.9 Å². The Morgan fingerprint density at radius 3 is 2.84 bits per heavy atom. The maximum Gasteiger partial charge on any atom is 0.253 e. The van der Waals surface area contributed by atoms with E-state index < -0.39 is 0 Å². The van der Waals surface area contributed by atoms with E-state index in [1.165, 1.54) is 0 Å². The number of rotatable bonds is 5. The third-order valence-electron chi connectivity index (χ3n) is 4.88. The number of ether oxygens (including phenoxy) is 1. The van der Waals surface area contributed by atoms with Crippen molar-refractivity contribution in [3.63, 3.8) is 0 Å². The lowest BCUT2D eigenvalue weighted by molar-refractivity contribution is -0.126. The first-order valence-corrected chi connectivity index (χ1v) is 8.96. The normalized spacial score (nSPS) is 20.2. The molecule has 0 aliphatic carbocycles. The first-order chi connectivity index (χ1) is 11.9. The number of hydrogen-bond donors (Lipinski definition) is 1. The van der Waals surface area contributed by atoms with Gasteiger partial charge in [-0.15, -0.1) is 0 Å². The Hall–Kier alpha value is -2.14. The summed E-state index contributed by atoms with van der Waals surface area (Å²) >= 11 is 0. The van der Waals surface area contributed by atoms with Crippen molar-refractivity contribution < 1.29 is 9.53 Å². The molecule has 2 heterocycles. The molecule has 3 rings (SSSR count). The van der Waals surface area contributed by atoms with E-state index in [1.54, 1.807) is 0 Å². The molecule has 1 aliphatic rings. The van der Waals surface area contributed by atoms with Gasteiger partial charge in [0.05, 0.1) is 12.2 Å². The summed E-state index contributed by atoms with van der Waals surface area (Å²) in [6.07, 6.45) is 0.605. The van der Waals surface area contributed by atoms with Gasteiger partial charge in [0.15, 0.2) is 0 Å². The number of amides is 1. The van der Waals surface area contributed by atoms with Crippen LogP contribution in [0.4, 0.5) is 5.69 Å². The molecule has 1 amide bonds. The fourth-order valence-electron chi connectivity index (χ4n) is 3.53. The van der Waals surface area contributed by atoms with Crippen molar-refractivity contribution in [2.75, 3.05) is 11.9 Å². The quantitative estimate of drug-likeness (QED) is 0.905. The average Bonchev–Trinajstić information content (AvgIpc) is 3.15. The van der Waals surface area contributed by atoms with E-state index in [9.17, 15) is 4.79 Å². The fraction of sp³-hybridized carbons (Fsp3) is 0.500. The van der Waals surface area contributed by atoms with E-state index in [0.29, 0.717) is 19.1 Å². The van der Waals surface area contributed by atoms with Gasteiger partial charge in [-0.3, -0.25) is 9.48 Å². The summed E-state index contributed by atoms with van der Waals surface area (Å²) < 4.78 is 7.66. The molecular weight excluding hydrogens is 314 g/mol. The molecule has 0 radical (unpaired) electrons. The Labute approximate surface area is 149 Å². The SMILES string of the molecule is Cc1cc(C)n(Cc2cccc(NC(=O)[C@@H]3OCC[C@@H]3C(C)C)c2)n1. The highest BCUT2D eigenvalue weighted by atomic mass is 16.5. The topological polar surface area (TPSA) is 56.2 Å². The molecule has 1 aliphatic heterocycles. The maximum absolute atomic E-state index is 12.6. The molecule has 0 saturated carbocycles. The second-order valence-corrected chi connectivity index (χ2v) is 7.26. The molecule has 1 aromatic carbocycles. The zero-order valence-electron chi connectivity index (χ0n) is 15.5. The Balaban J connectivity index is 1.69. The van der Waals surface area contributed by atoms with Gasteiger partial charge >= 0.3 is 0 Å². The molecule has 25 heavy (non-hydrogen) atoms. The first kappa shape index (κ1) is 17.7. The highest BCUT2D eigenvalue weighted by Gasteiger charge is 2.35. The van der Waals surface area contributed by atoms with Gasteiger partial charge < -0.3 is 10.1 Å². The number of nitrogens with zero attached hydrogens (tertiary/aromatic N) is 2. The van der Waals surface area contributed by atoms with Crippen LogP contribution in [0, 0.1) is 25.7 Å². The molecule has 1 N–H and O–H groups in total. The zero-order valence-corrected chi connectivity index (χ0v) is 15.5. The number of aryl methyl sites for hydroxylation is 2.